The maximum atomic E-state index is 9.99. The number of nitrogens with zero attached hydrogens (tertiary/aromatic N) is 2. The van der Waals surface area contributed by atoms with Crippen LogP contribution >= 0.6 is 0 Å². The molecule has 4 nitrogen and oxygen atoms in total. The van der Waals surface area contributed by atoms with E-state index in [9.17, 15) is 5.11 Å². The van der Waals surface area contributed by atoms with Crippen molar-refractivity contribution in [2.45, 2.75) is 20.1 Å². The Morgan fingerprint density at radius 1 is 1.20 bits per heavy atom. The van der Waals surface area contributed by atoms with E-state index in [4.69, 9.17) is 4.74 Å². The molecule has 0 fully saturated rings. The summed E-state index contributed by atoms with van der Waals surface area (Å²) >= 11 is 0. The average Bonchev–Trinajstić information content (AvgIpc) is 2.93. The van der Waals surface area contributed by atoms with E-state index in [0.29, 0.717) is 12.4 Å². The lowest BCUT2D eigenvalue weighted by Crippen LogP contribution is -1.95. The van der Waals surface area contributed by atoms with Crippen molar-refractivity contribution < 1.29 is 9.84 Å². The number of rotatable bonds is 4. The van der Waals surface area contributed by atoms with Crippen molar-refractivity contribution in [3.63, 3.8) is 0 Å². The fraction of sp³-hybridized carbons (Fsp3) is 0.188. The summed E-state index contributed by atoms with van der Waals surface area (Å²) in [5.41, 5.74) is 0.986. The highest BCUT2D eigenvalue weighted by atomic mass is 16.5. The van der Waals surface area contributed by atoms with E-state index in [1.165, 1.54) is 0 Å². The van der Waals surface area contributed by atoms with E-state index in [1.54, 1.807) is 12.3 Å². The van der Waals surface area contributed by atoms with E-state index in [-0.39, 0.29) is 5.75 Å². The molecule has 3 aromatic rings. The van der Waals surface area contributed by atoms with Gasteiger partial charge in [-0.3, -0.25) is 4.68 Å². The maximum Gasteiger partial charge on any atom is 0.162 e. The van der Waals surface area contributed by atoms with Crippen LogP contribution in [0.25, 0.3) is 10.8 Å². The maximum absolute atomic E-state index is 9.99. The van der Waals surface area contributed by atoms with Crippen molar-refractivity contribution >= 4 is 10.8 Å². The molecule has 1 aromatic heterocycles. The van der Waals surface area contributed by atoms with E-state index < -0.39 is 0 Å². The molecule has 0 aliphatic rings. The molecule has 3 rings (SSSR count). The van der Waals surface area contributed by atoms with Crippen LogP contribution in [-0.2, 0) is 13.2 Å². The van der Waals surface area contributed by atoms with Gasteiger partial charge in [0.25, 0.3) is 0 Å². The van der Waals surface area contributed by atoms with Crippen molar-refractivity contribution in [1.29, 1.82) is 0 Å². The van der Waals surface area contributed by atoms with Gasteiger partial charge in [0.15, 0.2) is 11.5 Å². The fourth-order valence-electron chi connectivity index (χ4n) is 2.14. The standard InChI is InChI=1S/C16H16N2O2/c1-2-18-10-12(9-17-18)11-20-16-8-14-6-4-3-5-13(14)7-15(16)19/h3-10,19H,2,11H2,1H3. The Morgan fingerprint density at radius 2 is 1.95 bits per heavy atom. The first-order valence-corrected chi connectivity index (χ1v) is 6.62. The molecular formula is C16H16N2O2. The number of hydrogen-bond donors (Lipinski definition) is 1. The normalized spacial score (nSPS) is 10.8. The summed E-state index contributed by atoms with van der Waals surface area (Å²) in [6.07, 6.45) is 3.72. The Kier molecular flexibility index (Phi) is 3.29. The highest BCUT2D eigenvalue weighted by Crippen LogP contribution is 2.31. The molecule has 1 N–H and O–H groups in total. The molecule has 0 radical (unpaired) electrons. The van der Waals surface area contributed by atoms with Gasteiger partial charge in [0.1, 0.15) is 6.61 Å². The number of hydrogen-bond acceptors (Lipinski definition) is 3. The zero-order valence-corrected chi connectivity index (χ0v) is 11.3. The molecule has 20 heavy (non-hydrogen) atoms. The minimum atomic E-state index is 0.159. The third-order valence-corrected chi connectivity index (χ3v) is 3.23. The second-order valence-corrected chi connectivity index (χ2v) is 4.66. The number of aromatic hydroxyl groups is 1. The van der Waals surface area contributed by atoms with Gasteiger partial charge in [-0.05, 0) is 29.8 Å². The van der Waals surface area contributed by atoms with E-state index in [2.05, 4.69) is 5.10 Å². The van der Waals surface area contributed by atoms with Gasteiger partial charge < -0.3 is 9.84 Å². The Hall–Kier alpha value is -2.49. The SMILES string of the molecule is CCn1cc(COc2cc3ccccc3cc2O)cn1. The number of ether oxygens (including phenoxy) is 1. The first-order valence-electron chi connectivity index (χ1n) is 6.62. The predicted molar refractivity (Wildman–Crippen MR) is 77.8 cm³/mol. The highest BCUT2D eigenvalue weighted by Gasteiger charge is 2.06. The van der Waals surface area contributed by atoms with Gasteiger partial charge in [-0.25, -0.2) is 0 Å². The van der Waals surface area contributed by atoms with Gasteiger partial charge in [0, 0.05) is 18.3 Å². The summed E-state index contributed by atoms with van der Waals surface area (Å²) in [7, 11) is 0. The average molecular weight is 268 g/mol. The van der Waals surface area contributed by atoms with Crippen LogP contribution in [0.2, 0.25) is 0 Å². The molecule has 0 spiro atoms. The second kappa shape index (κ2) is 5.25. The zero-order chi connectivity index (χ0) is 13.9. The topological polar surface area (TPSA) is 47.3 Å². The molecular weight excluding hydrogens is 252 g/mol. The van der Waals surface area contributed by atoms with E-state index in [0.717, 1.165) is 22.9 Å². The highest BCUT2D eigenvalue weighted by molar-refractivity contribution is 5.85. The molecule has 0 bridgehead atoms. The molecule has 0 aliphatic heterocycles. The lowest BCUT2D eigenvalue weighted by molar-refractivity contribution is 0.289. The molecule has 0 saturated heterocycles. The van der Waals surface area contributed by atoms with Crippen LogP contribution in [0.15, 0.2) is 48.8 Å². The Bertz CT molecular complexity index is 734. The third kappa shape index (κ3) is 2.45. The van der Waals surface area contributed by atoms with Crippen LogP contribution in [0.4, 0.5) is 0 Å². The molecule has 0 atom stereocenters. The summed E-state index contributed by atoms with van der Waals surface area (Å²) in [6, 6.07) is 11.5. The lowest BCUT2D eigenvalue weighted by atomic mass is 10.1. The van der Waals surface area contributed by atoms with Crippen LogP contribution in [0.3, 0.4) is 0 Å². The van der Waals surface area contributed by atoms with Crippen molar-refractivity contribution in [2.75, 3.05) is 0 Å². The summed E-state index contributed by atoms with van der Waals surface area (Å²) in [6.45, 7) is 3.26. The van der Waals surface area contributed by atoms with Crippen LogP contribution < -0.4 is 4.74 Å². The zero-order valence-electron chi connectivity index (χ0n) is 11.3. The van der Waals surface area contributed by atoms with Crippen LogP contribution in [0.1, 0.15) is 12.5 Å². The Balaban J connectivity index is 1.81. The van der Waals surface area contributed by atoms with Crippen molar-refractivity contribution in [3.8, 4) is 11.5 Å². The number of fused-ring (bicyclic) bond motifs is 1. The smallest absolute Gasteiger partial charge is 0.162 e. The van der Waals surface area contributed by atoms with Crippen molar-refractivity contribution in [3.05, 3.63) is 54.4 Å². The lowest BCUT2D eigenvalue weighted by Gasteiger charge is -2.08. The first-order chi connectivity index (χ1) is 9.76. The Labute approximate surface area is 117 Å². The monoisotopic (exact) mass is 268 g/mol. The van der Waals surface area contributed by atoms with Crippen molar-refractivity contribution in [2.24, 2.45) is 0 Å². The number of phenols is 1. The summed E-state index contributed by atoms with van der Waals surface area (Å²) in [4.78, 5) is 0. The molecule has 4 heteroatoms. The first kappa shape index (κ1) is 12.5. The molecule has 0 amide bonds. The van der Waals surface area contributed by atoms with Crippen LogP contribution in [0, 0.1) is 0 Å². The van der Waals surface area contributed by atoms with Crippen molar-refractivity contribution in [1.82, 2.24) is 9.78 Å². The van der Waals surface area contributed by atoms with Gasteiger partial charge in [-0.15, -0.1) is 0 Å². The largest absolute Gasteiger partial charge is 0.504 e. The minimum absolute atomic E-state index is 0.159. The Morgan fingerprint density at radius 3 is 2.65 bits per heavy atom. The second-order valence-electron chi connectivity index (χ2n) is 4.66. The van der Waals surface area contributed by atoms with Gasteiger partial charge in [-0.2, -0.15) is 5.10 Å². The quantitative estimate of drug-likeness (QED) is 0.789. The molecule has 1 heterocycles. The minimum Gasteiger partial charge on any atom is -0.504 e. The summed E-state index contributed by atoms with van der Waals surface area (Å²) < 4.78 is 7.53. The number of aromatic nitrogens is 2. The molecule has 2 aromatic carbocycles. The number of benzene rings is 2. The van der Waals surface area contributed by atoms with Crippen LogP contribution in [-0.4, -0.2) is 14.9 Å². The fourth-order valence-corrected chi connectivity index (χ4v) is 2.14. The molecule has 0 aliphatic carbocycles. The van der Waals surface area contributed by atoms with Gasteiger partial charge in [-0.1, -0.05) is 24.3 Å². The van der Waals surface area contributed by atoms with Gasteiger partial charge >= 0.3 is 0 Å². The third-order valence-electron chi connectivity index (χ3n) is 3.23. The van der Waals surface area contributed by atoms with Gasteiger partial charge in [0.05, 0.1) is 6.20 Å². The van der Waals surface area contributed by atoms with E-state index >= 15 is 0 Å². The molecule has 0 saturated carbocycles. The molecule has 0 unspecified atom stereocenters. The summed E-state index contributed by atoms with van der Waals surface area (Å²) in [5.74, 6) is 0.652. The van der Waals surface area contributed by atoms with Crippen LogP contribution in [0.5, 0.6) is 11.5 Å². The van der Waals surface area contributed by atoms with E-state index in [1.807, 2.05) is 48.1 Å². The number of phenolic OH excluding ortho intramolecular Hbond substituents is 1. The van der Waals surface area contributed by atoms with Gasteiger partial charge in [0.2, 0.25) is 0 Å². The molecule has 102 valence electrons. The number of aryl methyl sites for hydroxylation is 1. The predicted octanol–water partition coefficient (Wildman–Crippen LogP) is 3.34. The summed E-state index contributed by atoms with van der Waals surface area (Å²) in [5, 5.41) is 16.2.